The fraction of sp³-hybridized carbons (Fsp3) is 0.0909. The second-order valence-corrected chi connectivity index (χ2v) is 5.96. The largest absolute Gasteiger partial charge is 0.439 e. The Labute approximate surface area is 157 Å². The summed E-state index contributed by atoms with van der Waals surface area (Å²) in [6, 6.07) is 18.7. The highest BCUT2D eigenvalue weighted by molar-refractivity contribution is 5.91. The molecule has 2 aromatic carbocycles. The molecule has 5 heteroatoms. The number of carbonyl (C=O) groups excluding carboxylic acids is 1. The molecule has 0 aliphatic carbocycles. The fourth-order valence-electron chi connectivity index (χ4n) is 2.50. The topological polar surface area (TPSA) is 51.2 Å². The predicted molar refractivity (Wildman–Crippen MR) is 103 cm³/mol. The van der Waals surface area contributed by atoms with Crippen LogP contribution in [0.25, 0.3) is 6.08 Å². The quantitative estimate of drug-likeness (QED) is 0.634. The summed E-state index contributed by atoms with van der Waals surface area (Å²) >= 11 is 0. The van der Waals surface area contributed by atoms with Crippen LogP contribution in [0.4, 0.5) is 4.39 Å². The fourth-order valence-corrected chi connectivity index (χ4v) is 2.50. The van der Waals surface area contributed by atoms with Gasteiger partial charge in [-0.15, -0.1) is 0 Å². The van der Waals surface area contributed by atoms with Crippen LogP contribution in [0.3, 0.4) is 0 Å². The molecule has 1 heterocycles. The van der Waals surface area contributed by atoms with Crippen LogP contribution >= 0.6 is 0 Å². The highest BCUT2D eigenvalue weighted by Crippen LogP contribution is 2.23. The first-order chi connectivity index (χ1) is 13.1. The first-order valence-electron chi connectivity index (χ1n) is 8.53. The molecule has 0 spiro atoms. The van der Waals surface area contributed by atoms with E-state index in [0.717, 1.165) is 5.56 Å². The van der Waals surface area contributed by atoms with E-state index in [1.54, 1.807) is 30.5 Å². The molecular weight excluding hydrogens is 343 g/mol. The lowest BCUT2D eigenvalue weighted by atomic mass is 10.1. The maximum atomic E-state index is 13.2. The number of nitrogens with one attached hydrogen (secondary N) is 1. The number of hydrogen-bond acceptors (Lipinski definition) is 3. The first-order valence-corrected chi connectivity index (χ1v) is 8.53. The normalized spacial score (nSPS) is 11.9. The molecule has 1 aromatic heterocycles. The summed E-state index contributed by atoms with van der Waals surface area (Å²) in [5, 5.41) is 2.88. The summed E-state index contributed by atoms with van der Waals surface area (Å²) in [5.41, 5.74) is 1.53. The van der Waals surface area contributed by atoms with Gasteiger partial charge in [-0.05, 0) is 54.5 Å². The van der Waals surface area contributed by atoms with Crippen LogP contribution in [-0.2, 0) is 4.79 Å². The molecule has 1 N–H and O–H groups in total. The Hall–Kier alpha value is -3.47. The van der Waals surface area contributed by atoms with Crippen molar-refractivity contribution in [3.63, 3.8) is 0 Å². The summed E-state index contributed by atoms with van der Waals surface area (Å²) in [4.78, 5) is 16.3. The molecule has 3 aromatic rings. The summed E-state index contributed by atoms with van der Waals surface area (Å²) in [6.45, 7) is 1.88. The van der Waals surface area contributed by atoms with Crippen molar-refractivity contribution in [3.05, 3.63) is 95.9 Å². The highest BCUT2D eigenvalue weighted by Gasteiger charge is 2.09. The molecule has 0 radical (unpaired) electrons. The van der Waals surface area contributed by atoms with Gasteiger partial charge in [0.05, 0.1) is 6.04 Å². The van der Waals surface area contributed by atoms with Crippen molar-refractivity contribution in [1.29, 1.82) is 0 Å². The van der Waals surface area contributed by atoms with Gasteiger partial charge in [0.1, 0.15) is 11.6 Å². The van der Waals surface area contributed by atoms with Gasteiger partial charge in [0, 0.05) is 18.3 Å². The van der Waals surface area contributed by atoms with Crippen LogP contribution in [0, 0.1) is 5.82 Å². The van der Waals surface area contributed by atoms with Gasteiger partial charge in [0.25, 0.3) is 0 Å². The van der Waals surface area contributed by atoms with Crippen LogP contribution in [-0.4, -0.2) is 10.9 Å². The van der Waals surface area contributed by atoms with Gasteiger partial charge in [-0.3, -0.25) is 4.79 Å². The van der Waals surface area contributed by atoms with E-state index >= 15 is 0 Å². The minimum Gasteiger partial charge on any atom is -0.439 e. The van der Waals surface area contributed by atoms with Gasteiger partial charge in [-0.25, -0.2) is 9.37 Å². The Morgan fingerprint density at radius 3 is 2.74 bits per heavy atom. The molecule has 0 bridgehead atoms. The monoisotopic (exact) mass is 362 g/mol. The van der Waals surface area contributed by atoms with Gasteiger partial charge in [-0.2, -0.15) is 0 Å². The van der Waals surface area contributed by atoms with Crippen molar-refractivity contribution in [2.45, 2.75) is 13.0 Å². The maximum absolute atomic E-state index is 13.2. The minimum atomic E-state index is -0.337. The second kappa shape index (κ2) is 8.76. The van der Waals surface area contributed by atoms with E-state index in [1.807, 2.05) is 43.3 Å². The third-order valence-corrected chi connectivity index (χ3v) is 3.85. The number of carbonyl (C=O) groups is 1. The van der Waals surface area contributed by atoms with Crippen molar-refractivity contribution in [1.82, 2.24) is 10.3 Å². The molecule has 0 fully saturated rings. The van der Waals surface area contributed by atoms with Crippen LogP contribution in [0.15, 0.2) is 79.0 Å². The minimum absolute atomic E-state index is 0.220. The SMILES string of the molecule is CC(NC(=O)C=Cc1cccc(F)c1)c1cccc(Oc2ccccn2)c1. The molecule has 1 unspecified atom stereocenters. The zero-order valence-corrected chi connectivity index (χ0v) is 14.8. The smallest absolute Gasteiger partial charge is 0.244 e. The third kappa shape index (κ3) is 5.51. The first kappa shape index (κ1) is 18.3. The molecule has 1 atom stereocenters. The van der Waals surface area contributed by atoms with Crippen LogP contribution in [0.5, 0.6) is 11.6 Å². The van der Waals surface area contributed by atoms with Gasteiger partial charge in [0.15, 0.2) is 0 Å². The van der Waals surface area contributed by atoms with Crippen LogP contribution in [0.2, 0.25) is 0 Å². The average Bonchev–Trinajstić information content (AvgIpc) is 2.67. The lowest BCUT2D eigenvalue weighted by molar-refractivity contribution is -0.117. The molecule has 136 valence electrons. The lowest BCUT2D eigenvalue weighted by Gasteiger charge is -2.14. The lowest BCUT2D eigenvalue weighted by Crippen LogP contribution is -2.24. The maximum Gasteiger partial charge on any atom is 0.244 e. The zero-order chi connectivity index (χ0) is 19.1. The van der Waals surface area contributed by atoms with Crippen molar-refractivity contribution in [3.8, 4) is 11.6 Å². The van der Waals surface area contributed by atoms with Crippen molar-refractivity contribution < 1.29 is 13.9 Å². The van der Waals surface area contributed by atoms with E-state index in [4.69, 9.17) is 4.74 Å². The Bertz CT molecular complexity index is 942. The van der Waals surface area contributed by atoms with Gasteiger partial charge in [-0.1, -0.05) is 30.3 Å². The molecule has 0 aliphatic rings. The number of pyridine rings is 1. The third-order valence-electron chi connectivity index (χ3n) is 3.85. The number of rotatable bonds is 6. The van der Waals surface area contributed by atoms with Crippen LogP contribution < -0.4 is 10.1 Å². The van der Waals surface area contributed by atoms with Crippen molar-refractivity contribution in [2.75, 3.05) is 0 Å². The number of aromatic nitrogens is 1. The summed E-state index contributed by atoms with van der Waals surface area (Å²) < 4.78 is 18.9. The van der Waals surface area contributed by atoms with Crippen molar-refractivity contribution in [2.24, 2.45) is 0 Å². The number of nitrogens with zero attached hydrogens (tertiary/aromatic N) is 1. The molecule has 0 saturated carbocycles. The van der Waals surface area contributed by atoms with Crippen molar-refractivity contribution >= 4 is 12.0 Å². The Morgan fingerprint density at radius 2 is 1.96 bits per heavy atom. The number of benzene rings is 2. The molecule has 0 aliphatic heterocycles. The van der Waals surface area contributed by atoms with Gasteiger partial charge >= 0.3 is 0 Å². The molecule has 3 rings (SSSR count). The molecular formula is C22H19FN2O2. The number of halogens is 1. The van der Waals surface area contributed by atoms with E-state index < -0.39 is 0 Å². The summed E-state index contributed by atoms with van der Waals surface area (Å²) in [7, 11) is 0. The van der Waals surface area contributed by atoms with E-state index in [9.17, 15) is 9.18 Å². The Kier molecular flexibility index (Phi) is 5.94. The Morgan fingerprint density at radius 1 is 1.11 bits per heavy atom. The predicted octanol–water partition coefficient (Wildman–Crippen LogP) is 4.90. The van der Waals surface area contributed by atoms with Gasteiger partial charge in [0.2, 0.25) is 11.8 Å². The Balaban J connectivity index is 1.62. The van der Waals surface area contributed by atoms with E-state index in [0.29, 0.717) is 17.2 Å². The number of hydrogen-bond donors (Lipinski definition) is 1. The second-order valence-electron chi connectivity index (χ2n) is 5.96. The number of amides is 1. The van der Waals surface area contributed by atoms with E-state index in [1.165, 1.54) is 18.2 Å². The molecule has 0 saturated heterocycles. The van der Waals surface area contributed by atoms with Gasteiger partial charge < -0.3 is 10.1 Å². The van der Waals surface area contributed by atoms with Crippen LogP contribution in [0.1, 0.15) is 24.1 Å². The molecule has 27 heavy (non-hydrogen) atoms. The van der Waals surface area contributed by atoms with E-state index in [-0.39, 0.29) is 17.8 Å². The summed E-state index contributed by atoms with van der Waals surface area (Å²) in [6.07, 6.45) is 4.62. The van der Waals surface area contributed by atoms with E-state index in [2.05, 4.69) is 10.3 Å². The molecule has 1 amide bonds. The highest BCUT2D eigenvalue weighted by atomic mass is 19.1. The zero-order valence-electron chi connectivity index (χ0n) is 14.8. The number of ether oxygens (including phenoxy) is 1. The standard InChI is InChI=1S/C22H19FN2O2/c1-16(25-21(26)12-11-17-6-4-8-19(23)14-17)18-7-5-9-20(15-18)27-22-10-2-3-13-24-22/h2-16H,1H3,(H,25,26). The average molecular weight is 362 g/mol. The summed E-state index contributed by atoms with van der Waals surface area (Å²) in [5.74, 6) is 0.547. The molecule has 4 nitrogen and oxygen atoms in total.